The van der Waals surface area contributed by atoms with Crippen molar-refractivity contribution in [1.29, 1.82) is 0 Å². The average molecular weight is 332 g/mol. The summed E-state index contributed by atoms with van der Waals surface area (Å²) in [5, 5.41) is 8.61. The molecule has 0 aromatic heterocycles. The summed E-state index contributed by atoms with van der Waals surface area (Å²) in [6, 6.07) is 8.07. The van der Waals surface area contributed by atoms with Gasteiger partial charge in [0.05, 0.1) is 13.2 Å². The zero-order valence-corrected chi connectivity index (χ0v) is 14.0. The van der Waals surface area contributed by atoms with Crippen molar-refractivity contribution in [3.63, 3.8) is 0 Å². The molecule has 24 heavy (non-hydrogen) atoms. The van der Waals surface area contributed by atoms with E-state index in [9.17, 15) is 9.59 Å². The van der Waals surface area contributed by atoms with E-state index in [1.54, 1.807) is 13.1 Å². The van der Waals surface area contributed by atoms with Crippen LogP contribution in [0.4, 0.5) is 5.69 Å². The SMILES string of the molecule is CN(CCCC(=O)O)C(=O)/C=C/c1ccc(N2CCOCC2)cc1. The van der Waals surface area contributed by atoms with Gasteiger partial charge in [0, 0.05) is 44.9 Å². The second-order valence-corrected chi connectivity index (χ2v) is 5.78. The fourth-order valence-electron chi connectivity index (χ4n) is 2.49. The Labute approximate surface area is 142 Å². The van der Waals surface area contributed by atoms with Crippen molar-refractivity contribution in [2.24, 2.45) is 0 Å². The Balaban J connectivity index is 1.84. The predicted octanol–water partition coefficient (Wildman–Crippen LogP) is 1.86. The second-order valence-electron chi connectivity index (χ2n) is 5.78. The van der Waals surface area contributed by atoms with E-state index in [0.717, 1.165) is 37.6 Å². The lowest BCUT2D eigenvalue weighted by Crippen LogP contribution is -2.36. The highest BCUT2D eigenvalue weighted by Gasteiger charge is 2.10. The number of carbonyl (C=O) groups is 2. The lowest BCUT2D eigenvalue weighted by atomic mass is 10.1. The average Bonchev–Trinajstić information content (AvgIpc) is 2.60. The van der Waals surface area contributed by atoms with Gasteiger partial charge in [-0.15, -0.1) is 0 Å². The van der Waals surface area contributed by atoms with Crippen LogP contribution in [0.25, 0.3) is 6.08 Å². The van der Waals surface area contributed by atoms with Crippen LogP contribution < -0.4 is 4.90 Å². The minimum Gasteiger partial charge on any atom is -0.481 e. The third kappa shape index (κ3) is 5.70. The minimum atomic E-state index is -0.841. The number of benzene rings is 1. The Morgan fingerprint density at radius 2 is 1.92 bits per heavy atom. The lowest BCUT2D eigenvalue weighted by molar-refractivity contribution is -0.137. The number of anilines is 1. The van der Waals surface area contributed by atoms with Gasteiger partial charge in [0.2, 0.25) is 5.91 Å². The zero-order valence-electron chi connectivity index (χ0n) is 14.0. The van der Waals surface area contributed by atoms with Crippen molar-refractivity contribution in [2.45, 2.75) is 12.8 Å². The van der Waals surface area contributed by atoms with Gasteiger partial charge in [-0.3, -0.25) is 9.59 Å². The van der Waals surface area contributed by atoms with Gasteiger partial charge in [-0.25, -0.2) is 0 Å². The van der Waals surface area contributed by atoms with E-state index in [4.69, 9.17) is 9.84 Å². The highest BCUT2D eigenvalue weighted by molar-refractivity contribution is 5.91. The Bertz CT molecular complexity index is 577. The fourth-order valence-corrected chi connectivity index (χ4v) is 2.49. The number of carbonyl (C=O) groups excluding carboxylic acids is 1. The van der Waals surface area contributed by atoms with Crippen LogP contribution in [0.5, 0.6) is 0 Å². The van der Waals surface area contributed by atoms with Gasteiger partial charge in [0.1, 0.15) is 0 Å². The maximum atomic E-state index is 12.0. The molecule has 1 aromatic rings. The summed E-state index contributed by atoms with van der Waals surface area (Å²) >= 11 is 0. The number of hydrogen-bond acceptors (Lipinski definition) is 4. The molecule has 6 heteroatoms. The van der Waals surface area contributed by atoms with Crippen molar-refractivity contribution in [3.8, 4) is 0 Å². The number of nitrogens with zero attached hydrogens (tertiary/aromatic N) is 2. The van der Waals surface area contributed by atoms with Crippen LogP contribution in [-0.4, -0.2) is 61.8 Å². The third-order valence-electron chi connectivity index (χ3n) is 3.95. The molecule has 0 radical (unpaired) electrons. The van der Waals surface area contributed by atoms with E-state index in [1.807, 2.05) is 24.3 Å². The fraction of sp³-hybridized carbons (Fsp3) is 0.444. The molecule has 1 N–H and O–H groups in total. The maximum Gasteiger partial charge on any atom is 0.303 e. The van der Waals surface area contributed by atoms with E-state index in [-0.39, 0.29) is 12.3 Å². The first-order chi connectivity index (χ1) is 11.6. The van der Waals surface area contributed by atoms with Crippen LogP contribution in [0.15, 0.2) is 30.3 Å². The van der Waals surface area contributed by atoms with Crippen LogP contribution in [0, 0.1) is 0 Å². The molecule has 0 spiro atoms. The highest BCUT2D eigenvalue weighted by Crippen LogP contribution is 2.17. The number of amides is 1. The van der Waals surface area contributed by atoms with Gasteiger partial charge in [0.25, 0.3) is 0 Å². The van der Waals surface area contributed by atoms with Gasteiger partial charge in [-0.1, -0.05) is 12.1 Å². The quantitative estimate of drug-likeness (QED) is 0.772. The summed E-state index contributed by atoms with van der Waals surface area (Å²) in [5.74, 6) is -0.968. The topological polar surface area (TPSA) is 70.1 Å². The molecule has 6 nitrogen and oxygen atoms in total. The van der Waals surface area contributed by atoms with E-state index < -0.39 is 5.97 Å². The summed E-state index contributed by atoms with van der Waals surface area (Å²) in [5.41, 5.74) is 2.12. The van der Waals surface area contributed by atoms with Crippen LogP contribution in [-0.2, 0) is 14.3 Å². The standard InChI is InChI=1S/C18H24N2O4/c1-19(10-2-3-18(22)23)17(21)9-6-15-4-7-16(8-5-15)20-11-13-24-14-12-20/h4-9H,2-3,10-14H2,1H3,(H,22,23)/b9-6+. The van der Waals surface area contributed by atoms with Gasteiger partial charge in [-0.2, -0.15) is 0 Å². The molecular formula is C18H24N2O4. The number of hydrogen-bond donors (Lipinski definition) is 1. The Morgan fingerprint density at radius 3 is 2.54 bits per heavy atom. The minimum absolute atomic E-state index is 0.0737. The van der Waals surface area contributed by atoms with Crippen molar-refractivity contribution >= 4 is 23.6 Å². The Kier molecular flexibility index (Phi) is 6.81. The monoisotopic (exact) mass is 332 g/mol. The first-order valence-electron chi connectivity index (χ1n) is 8.14. The summed E-state index contributed by atoms with van der Waals surface area (Å²) in [6.45, 7) is 3.74. The third-order valence-corrected chi connectivity index (χ3v) is 3.95. The summed E-state index contributed by atoms with van der Waals surface area (Å²) < 4.78 is 5.35. The van der Waals surface area contributed by atoms with Gasteiger partial charge in [-0.05, 0) is 30.2 Å². The molecule has 1 aliphatic rings. The van der Waals surface area contributed by atoms with E-state index in [1.165, 1.54) is 11.0 Å². The van der Waals surface area contributed by atoms with E-state index in [2.05, 4.69) is 4.90 Å². The van der Waals surface area contributed by atoms with Crippen LogP contribution in [0.2, 0.25) is 0 Å². The predicted molar refractivity (Wildman–Crippen MR) is 93.0 cm³/mol. The first kappa shape index (κ1) is 18.0. The normalized spacial score (nSPS) is 14.8. The second kappa shape index (κ2) is 9.08. The number of morpholine rings is 1. The maximum absolute atomic E-state index is 12.0. The number of likely N-dealkylation sites (N-methyl/N-ethyl adjacent to an activating group) is 1. The van der Waals surface area contributed by atoms with Crippen LogP contribution in [0.1, 0.15) is 18.4 Å². The van der Waals surface area contributed by atoms with Crippen LogP contribution in [0.3, 0.4) is 0 Å². The number of rotatable bonds is 7. The Hall–Kier alpha value is -2.34. The molecule has 0 saturated carbocycles. The molecule has 130 valence electrons. The first-order valence-corrected chi connectivity index (χ1v) is 8.14. The highest BCUT2D eigenvalue weighted by atomic mass is 16.5. The number of ether oxygens (including phenoxy) is 1. The molecule has 1 aliphatic heterocycles. The molecule has 1 amide bonds. The molecule has 1 aromatic carbocycles. The molecule has 1 saturated heterocycles. The summed E-state index contributed by atoms with van der Waals surface area (Å²) in [6.07, 6.45) is 3.83. The van der Waals surface area contributed by atoms with Gasteiger partial charge in [0.15, 0.2) is 0 Å². The largest absolute Gasteiger partial charge is 0.481 e. The smallest absolute Gasteiger partial charge is 0.303 e. The molecule has 1 heterocycles. The van der Waals surface area contributed by atoms with E-state index >= 15 is 0 Å². The van der Waals surface area contributed by atoms with E-state index in [0.29, 0.717) is 13.0 Å². The molecule has 0 atom stereocenters. The molecule has 1 fully saturated rings. The summed E-state index contributed by atoms with van der Waals surface area (Å²) in [7, 11) is 1.68. The number of carboxylic acids is 1. The lowest BCUT2D eigenvalue weighted by Gasteiger charge is -2.28. The zero-order chi connectivity index (χ0) is 17.4. The summed E-state index contributed by atoms with van der Waals surface area (Å²) in [4.78, 5) is 26.3. The van der Waals surface area contributed by atoms with Crippen molar-refractivity contribution in [1.82, 2.24) is 4.90 Å². The number of carboxylic acid groups (broad SMARTS) is 1. The van der Waals surface area contributed by atoms with Crippen molar-refractivity contribution < 1.29 is 19.4 Å². The Morgan fingerprint density at radius 1 is 1.25 bits per heavy atom. The van der Waals surface area contributed by atoms with Crippen molar-refractivity contribution in [3.05, 3.63) is 35.9 Å². The molecular weight excluding hydrogens is 308 g/mol. The molecule has 0 aliphatic carbocycles. The van der Waals surface area contributed by atoms with Gasteiger partial charge < -0.3 is 19.6 Å². The van der Waals surface area contributed by atoms with Crippen molar-refractivity contribution in [2.75, 3.05) is 44.8 Å². The van der Waals surface area contributed by atoms with Gasteiger partial charge >= 0.3 is 5.97 Å². The van der Waals surface area contributed by atoms with Crippen LogP contribution >= 0.6 is 0 Å². The molecule has 0 bridgehead atoms. The number of aliphatic carboxylic acids is 1. The molecule has 2 rings (SSSR count). The molecule has 0 unspecified atom stereocenters.